The number of benzene rings is 2. The van der Waals surface area contributed by atoms with Gasteiger partial charge in [-0.3, -0.25) is 0 Å². The first kappa shape index (κ1) is 18.5. The van der Waals surface area contributed by atoms with E-state index in [1.54, 1.807) is 0 Å². The number of rotatable bonds is 7. The zero-order valence-corrected chi connectivity index (χ0v) is 15.3. The molecule has 1 heterocycles. The van der Waals surface area contributed by atoms with Crippen LogP contribution in [-0.4, -0.2) is 36.1 Å². The Kier molecular flexibility index (Phi) is 6.83. The average Bonchev–Trinajstić information content (AvgIpc) is 2.61. The van der Waals surface area contributed by atoms with Gasteiger partial charge in [-0.05, 0) is 38.2 Å². The lowest BCUT2D eigenvalue weighted by molar-refractivity contribution is 0.303. The van der Waals surface area contributed by atoms with Gasteiger partial charge in [0.05, 0.1) is 16.7 Å². The standard InChI is InChI=1S/C20H25N3.ClH/c1-3-23(4-2)15-9-14-21-20-16-10-5-7-12-18(16)22-19-13-8-6-11-17(19)20;/h5-8,10-13H,3-4,9,14-15H2,1-2H3,(H,21,22);1H. The molecule has 2 aromatic carbocycles. The zero-order valence-electron chi connectivity index (χ0n) is 14.5. The minimum atomic E-state index is 0. The molecule has 0 bridgehead atoms. The highest BCUT2D eigenvalue weighted by Crippen LogP contribution is 2.30. The summed E-state index contributed by atoms with van der Waals surface area (Å²) in [5.41, 5.74) is 3.32. The molecule has 0 atom stereocenters. The molecular formula is C20H26ClN3. The molecule has 128 valence electrons. The maximum Gasteiger partial charge on any atom is 0.0730 e. The molecule has 0 saturated carbocycles. The molecule has 1 N–H and O–H groups in total. The van der Waals surface area contributed by atoms with Crippen molar-refractivity contribution in [3.05, 3.63) is 48.5 Å². The average molecular weight is 344 g/mol. The number of aromatic nitrogens is 1. The number of pyridine rings is 1. The first-order chi connectivity index (χ1) is 11.3. The number of hydrogen-bond donors (Lipinski definition) is 1. The summed E-state index contributed by atoms with van der Waals surface area (Å²) in [6.07, 6.45) is 1.15. The molecule has 0 aliphatic rings. The molecule has 0 aliphatic carbocycles. The van der Waals surface area contributed by atoms with Gasteiger partial charge >= 0.3 is 0 Å². The molecule has 0 radical (unpaired) electrons. The zero-order chi connectivity index (χ0) is 16.1. The fourth-order valence-corrected chi connectivity index (χ4v) is 3.09. The fraction of sp³-hybridized carbons (Fsp3) is 0.350. The predicted octanol–water partition coefficient (Wildman–Crippen LogP) is 4.95. The van der Waals surface area contributed by atoms with Gasteiger partial charge in [0.25, 0.3) is 0 Å². The van der Waals surface area contributed by atoms with Crippen LogP contribution in [0.1, 0.15) is 20.3 Å². The molecule has 0 saturated heterocycles. The SMILES string of the molecule is CCN(CC)CCCNc1c2ccccc2nc2ccccc12.Cl. The minimum Gasteiger partial charge on any atom is -0.384 e. The number of anilines is 1. The maximum atomic E-state index is 4.77. The van der Waals surface area contributed by atoms with E-state index in [1.165, 1.54) is 16.5 Å². The van der Waals surface area contributed by atoms with Crippen molar-refractivity contribution in [2.24, 2.45) is 0 Å². The van der Waals surface area contributed by atoms with Crippen LogP contribution in [0.5, 0.6) is 0 Å². The summed E-state index contributed by atoms with van der Waals surface area (Å²) < 4.78 is 0. The molecule has 0 unspecified atom stereocenters. The van der Waals surface area contributed by atoms with Gasteiger partial charge in [-0.25, -0.2) is 4.98 Å². The number of para-hydroxylation sites is 2. The maximum absolute atomic E-state index is 4.77. The summed E-state index contributed by atoms with van der Waals surface area (Å²) in [4.78, 5) is 7.24. The van der Waals surface area contributed by atoms with E-state index in [1.807, 2.05) is 12.1 Å². The second kappa shape index (κ2) is 8.86. The van der Waals surface area contributed by atoms with E-state index in [4.69, 9.17) is 4.98 Å². The summed E-state index contributed by atoms with van der Waals surface area (Å²) in [7, 11) is 0. The van der Waals surface area contributed by atoms with E-state index in [0.29, 0.717) is 0 Å². The third-order valence-corrected chi connectivity index (χ3v) is 4.44. The van der Waals surface area contributed by atoms with Gasteiger partial charge in [-0.15, -0.1) is 12.4 Å². The highest BCUT2D eigenvalue weighted by molar-refractivity contribution is 6.07. The van der Waals surface area contributed by atoms with E-state index in [2.05, 4.69) is 60.5 Å². The fourth-order valence-electron chi connectivity index (χ4n) is 3.09. The Morgan fingerprint density at radius 1 is 0.875 bits per heavy atom. The molecule has 3 nitrogen and oxygen atoms in total. The number of fused-ring (bicyclic) bond motifs is 2. The molecular weight excluding hydrogens is 318 g/mol. The minimum absolute atomic E-state index is 0. The highest BCUT2D eigenvalue weighted by atomic mass is 35.5. The quantitative estimate of drug-likeness (QED) is 0.485. The Balaban J connectivity index is 0.00000208. The van der Waals surface area contributed by atoms with Crippen molar-refractivity contribution in [3.8, 4) is 0 Å². The van der Waals surface area contributed by atoms with Crippen molar-refractivity contribution in [2.75, 3.05) is 31.5 Å². The van der Waals surface area contributed by atoms with Crippen LogP contribution in [-0.2, 0) is 0 Å². The lowest BCUT2D eigenvalue weighted by Crippen LogP contribution is -2.25. The van der Waals surface area contributed by atoms with Gasteiger partial charge in [0.15, 0.2) is 0 Å². The van der Waals surface area contributed by atoms with Crippen molar-refractivity contribution < 1.29 is 0 Å². The number of nitrogens with zero attached hydrogens (tertiary/aromatic N) is 2. The Labute approximate surface area is 150 Å². The Hall–Kier alpha value is -1.84. The van der Waals surface area contributed by atoms with Crippen molar-refractivity contribution in [1.29, 1.82) is 0 Å². The van der Waals surface area contributed by atoms with Gasteiger partial charge in [0.2, 0.25) is 0 Å². The normalized spacial score (nSPS) is 11.0. The van der Waals surface area contributed by atoms with Crippen molar-refractivity contribution in [2.45, 2.75) is 20.3 Å². The van der Waals surface area contributed by atoms with E-state index < -0.39 is 0 Å². The number of halogens is 1. The Morgan fingerprint density at radius 3 is 1.96 bits per heavy atom. The van der Waals surface area contributed by atoms with Gasteiger partial charge in [0, 0.05) is 17.3 Å². The van der Waals surface area contributed by atoms with Crippen molar-refractivity contribution in [1.82, 2.24) is 9.88 Å². The van der Waals surface area contributed by atoms with E-state index in [9.17, 15) is 0 Å². The Bertz CT molecular complexity index is 730. The Morgan fingerprint density at radius 2 is 1.42 bits per heavy atom. The summed E-state index contributed by atoms with van der Waals surface area (Å²) in [6, 6.07) is 16.7. The first-order valence-corrected chi connectivity index (χ1v) is 8.57. The molecule has 0 fully saturated rings. The molecule has 0 spiro atoms. The number of nitrogens with one attached hydrogen (secondary N) is 1. The van der Waals surface area contributed by atoms with Crippen molar-refractivity contribution >= 4 is 39.9 Å². The summed E-state index contributed by atoms with van der Waals surface area (Å²) in [6.45, 7) is 8.81. The molecule has 4 heteroatoms. The smallest absolute Gasteiger partial charge is 0.0730 e. The number of hydrogen-bond acceptors (Lipinski definition) is 3. The van der Waals surface area contributed by atoms with Crippen LogP contribution in [0.2, 0.25) is 0 Å². The third kappa shape index (κ3) is 3.97. The van der Waals surface area contributed by atoms with E-state index in [-0.39, 0.29) is 12.4 Å². The first-order valence-electron chi connectivity index (χ1n) is 8.57. The predicted molar refractivity (Wildman–Crippen MR) is 107 cm³/mol. The summed E-state index contributed by atoms with van der Waals surface area (Å²) in [5, 5.41) is 6.07. The van der Waals surface area contributed by atoms with Crippen LogP contribution in [0.3, 0.4) is 0 Å². The molecule has 1 aromatic heterocycles. The van der Waals surface area contributed by atoms with Gasteiger partial charge in [-0.1, -0.05) is 50.2 Å². The van der Waals surface area contributed by atoms with Crippen LogP contribution in [0.4, 0.5) is 5.69 Å². The largest absolute Gasteiger partial charge is 0.384 e. The molecule has 3 aromatic rings. The molecule has 0 aliphatic heterocycles. The van der Waals surface area contributed by atoms with Gasteiger partial charge in [-0.2, -0.15) is 0 Å². The van der Waals surface area contributed by atoms with Crippen LogP contribution >= 0.6 is 12.4 Å². The molecule has 24 heavy (non-hydrogen) atoms. The lowest BCUT2D eigenvalue weighted by Gasteiger charge is -2.18. The van der Waals surface area contributed by atoms with Crippen LogP contribution in [0.25, 0.3) is 21.8 Å². The van der Waals surface area contributed by atoms with Crippen LogP contribution < -0.4 is 5.32 Å². The van der Waals surface area contributed by atoms with Gasteiger partial charge < -0.3 is 10.2 Å². The molecule has 0 amide bonds. The van der Waals surface area contributed by atoms with Crippen LogP contribution in [0.15, 0.2) is 48.5 Å². The summed E-state index contributed by atoms with van der Waals surface area (Å²) in [5.74, 6) is 0. The van der Waals surface area contributed by atoms with Crippen LogP contribution in [0, 0.1) is 0 Å². The topological polar surface area (TPSA) is 28.2 Å². The van der Waals surface area contributed by atoms with E-state index in [0.717, 1.165) is 43.6 Å². The van der Waals surface area contributed by atoms with E-state index >= 15 is 0 Å². The second-order valence-corrected chi connectivity index (χ2v) is 5.83. The summed E-state index contributed by atoms with van der Waals surface area (Å²) >= 11 is 0. The molecule has 3 rings (SSSR count). The lowest BCUT2D eigenvalue weighted by atomic mass is 10.1. The highest BCUT2D eigenvalue weighted by Gasteiger charge is 2.08. The van der Waals surface area contributed by atoms with Crippen molar-refractivity contribution in [3.63, 3.8) is 0 Å². The van der Waals surface area contributed by atoms with Gasteiger partial charge in [0.1, 0.15) is 0 Å². The third-order valence-electron chi connectivity index (χ3n) is 4.44. The second-order valence-electron chi connectivity index (χ2n) is 5.83. The monoisotopic (exact) mass is 343 g/mol.